The molecule has 1 aromatic carbocycles. The Morgan fingerprint density at radius 2 is 1.92 bits per heavy atom. The standard InChI is InChI=1S/C18H13FN2O4/c19-14-7-12-16(23)13(18(24)25)8-21(10-3-5-11(22)6-4-10)17(12)20-15(14)9-1-2-9/h3-9,22H,1-2H2,(H,24,25). The maximum absolute atomic E-state index is 14.3. The second-order valence-corrected chi connectivity index (χ2v) is 6.06. The van der Waals surface area contributed by atoms with Gasteiger partial charge < -0.3 is 14.8 Å². The third-order valence-electron chi connectivity index (χ3n) is 4.28. The third kappa shape index (κ3) is 2.53. The Bertz CT molecular complexity index is 1070. The van der Waals surface area contributed by atoms with Gasteiger partial charge in [0.15, 0.2) is 0 Å². The lowest BCUT2D eigenvalue weighted by atomic mass is 10.1. The van der Waals surface area contributed by atoms with E-state index in [0.717, 1.165) is 18.9 Å². The Morgan fingerprint density at radius 3 is 2.52 bits per heavy atom. The summed E-state index contributed by atoms with van der Waals surface area (Å²) >= 11 is 0. The van der Waals surface area contributed by atoms with E-state index in [4.69, 9.17) is 0 Å². The van der Waals surface area contributed by atoms with Gasteiger partial charge in [0.1, 0.15) is 22.8 Å². The van der Waals surface area contributed by atoms with E-state index in [-0.39, 0.29) is 22.7 Å². The van der Waals surface area contributed by atoms with E-state index < -0.39 is 22.8 Å². The number of benzene rings is 1. The van der Waals surface area contributed by atoms with Crippen LogP contribution in [0.1, 0.15) is 34.8 Å². The predicted octanol–water partition coefficient (Wildman–Crippen LogP) is 2.81. The molecule has 3 aromatic rings. The molecule has 0 unspecified atom stereocenters. The second-order valence-electron chi connectivity index (χ2n) is 6.06. The number of aromatic hydroxyl groups is 1. The molecule has 0 amide bonds. The highest BCUT2D eigenvalue weighted by atomic mass is 19.1. The van der Waals surface area contributed by atoms with Crippen LogP contribution in [0.2, 0.25) is 0 Å². The maximum atomic E-state index is 14.3. The summed E-state index contributed by atoms with van der Waals surface area (Å²) in [5, 5.41) is 18.7. The second kappa shape index (κ2) is 5.41. The molecule has 0 radical (unpaired) electrons. The fourth-order valence-electron chi connectivity index (χ4n) is 2.84. The number of fused-ring (bicyclic) bond motifs is 1. The fraction of sp³-hybridized carbons (Fsp3) is 0.167. The molecule has 2 aromatic heterocycles. The highest BCUT2D eigenvalue weighted by molar-refractivity contribution is 5.92. The largest absolute Gasteiger partial charge is 0.508 e. The minimum atomic E-state index is -1.40. The van der Waals surface area contributed by atoms with Crippen molar-refractivity contribution in [1.82, 2.24) is 9.55 Å². The van der Waals surface area contributed by atoms with Gasteiger partial charge in [0.05, 0.1) is 11.1 Å². The number of aromatic nitrogens is 2. The molecule has 6 nitrogen and oxygen atoms in total. The number of halogens is 1. The number of phenols is 1. The van der Waals surface area contributed by atoms with Crippen LogP contribution < -0.4 is 5.43 Å². The van der Waals surface area contributed by atoms with Crippen molar-refractivity contribution in [3.05, 3.63) is 63.8 Å². The van der Waals surface area contributed by atoms with Gasteiger partial charge in [-0.3, -0.25) is 4.79 Å². The van der Waals surface area contributed by atoms with Gasteiger partial charge in [0.2, 0.25) is 5.43 Å². The van der Waals surface area contributed by atoms with Gasteiger partial charge in [-0.25, -0.2) is 14.2 Å². The first-order valence-electron chi connectivity index (χ1n) is 7.74. The minimum absolute atomic E-state index is 0.0342. The van der Waals surface area contributed by atoms with Gasteiger partial charge in [-0.05, 0) is 43.2 Å². The molecular weight excluding hydrogens is 327 g/mol. The molecule has 2 N–H and O–H groups in total. The highest BCUT2D eigenvalue weighted by Crippen LogP contribution is 2.40. The Labute approximate surface area is 140 Å². The van der Waals surface area contributed by atoms with Crippen molar-refractivity contribution < 1.29 is 19.4 Å². The molecule has 1 aliphatic carbocycles. The van der Waals surface area contributed by atoms with Crippen molar-refractivity contribution in [3.8, 4) is 11.4 Å². The molecule has 4 rings (SSSR count). The molecule has 0 spiro atoms. The average molecular weight is 340 g/mol. The number of aromatic carboxylic acids is 1. The molecule has 1 fully saturated rings. The number of hydrogen-bond acceptors (Lipinski definition) is 4. The molecular formula is C18H13FN2O4. The van der Waals surface area contributed by atoms with E-state index in [1.807, 2.05) is 0 Å². The number of carbonyl (C=O) groups is 1. The number of pyridine rings is 2. The Balaban J connectivity index is 2.09. The van der Waals surface area contributed by atoms with Crippen LogP contribution in [0.4, 0.5) is 4.39 Å². The zero-order valence-corrected chi connectivity index (χ0v) is 12.9. The number of carboxylic acid groups (broad SMARTS) is 1. The van der Waals surface area contributed by atoms with Gasteiger partial charge in [-0.15, -0.1) is 0 Å². The van der Waals surface area contributed by atoms with E-state index in [2.05, 4.69) is 4.98 Å². The van der Waals surface area contributed by atoms with Crippen LogP contribution in [-0.4, -0.2) is 25.7 Å². The summed E-state index contributed by atoms with van der Waals surface area (Å²) in [4.78, 5) is 28.2. The van der Waals surface area contributed by atoms with Crippen LogP contribution in [0.25, 0.3) is 16.7 Å². The van der Waals surface area contributed by atoms with Gasteiger partial charge in [0, 0.05) is 17.8 Å². The molecule has 1 saturated carbocycles. The minimum Gasteiger partial charge on any atom is -0.508 e. The van der Waals surface area contributed by atoms with Crippen molar-refractivity contribution >= 4 is 17.0 Å². The summed E-state index contributed by atoms with van der Waals surface area (Å²) in [7, 11) is 0. The molecule has 7 heteroatoms. The van der Waals surface area contributed by atoms with Crippen LogP contribution in [0.5, 0.6) is 5.75 Å². The van der Waals surface area contributed by atoms with E-state index in [0.29, 0.717) is 11.4 Å². The number of rotatable bonds is 3. The summed E-state index contributed by atoms with van der Waals surface area (Å²) < 4.78 is 15.8. The Morgan fingerprint density at radius 1 is 1.24 bits per heavy atom. The number of carboxylic acids is 1. The monoisotopic (exact) mass is 340 g/mol. The Hall–Kier alpha value is -3.22. The quantitative estimate of drug-likeness (QED) is 0.765. The van der Waals surface area contributed by atoms with E-state index >= 15 is 0 Å². The van der Waals surface area contributed by atoms with Crippen molar-refractivity contribution in [2.45, 2.75) is 18.8 Å². The van der Waals surface area contributed by atoms with Gasteiger partial charge in [-0.1, -0.05) is 0 Å². The SMILES string of the molecule is O=C(O)c1cn(-c2ccc(O)cc2)c2nc(C3CC3)c(F)cc2c1=O. The lowest BCUT2D eigenvalue weighted by Gasteiger charge is -2.13. The van der Waals surface area contributed by atoms with Gasteiger partial charge in [0.25, 0.3) is 0 Å². The molecule has 126 valence electrons. The van der Waals surface area contributed by atoms with Crippen molar-refractivity contribution in [2.24, 2.45) is 0 Å². The Kier molecular flexibility index (Phi) is 3.31. The maximum Gasteiger partial charge on any atom is 0.341 e. The summed E-state index contributed by atoms with van der Waals surface area (Å²) in [6.07, 6.45) is 2.86. The number of phenolic OH excluding ortho intramolecular Hbond substituents is 1. The van der Waals surface area contributed by atoms with E-state index in [1.54, 1.807) is 12.1 Å². The molecule has 0 saturated heterocycles. The summed E-state index contributed by atoms with van der Waals surface area (Å²) in [5.41, 5.74) is -0.245. The zero-order chi connectivity index (χ0) is 17.7. The average Bonchev–Trinajstić information content (AvgIpc) is 3.41. The first-order chi connectivity index (χ1) is 12.0. The summed E-state index contributed by atoms with van der Waals surface area (Å²) in [5.74, 6) is -1.91. The number of hydrogen-bond donors (Lipinski definition) is 2. The normalized spacial score (nSPS) is 14.0. The summed E-state index contributed by atoms with van der Waals surface area (Å²) in [6.45, 7) is 0. The first kappa shape index (κ1) is 15.3. The van der Waals surface area contributed by atoms with Crippen LogP contribution in [-0.2, 0) is 0 Å². The van der Waals surface area contributed by atoms with Crippen molar-refractivity contribution in [2.75, 3.05) is 0 Å². The lowest BCUT2D eigenvalue weighted by Crippen LogP contribution is -2.19. The smallest absolute Gasteiger partial charge is 0.341 e. The lowest BCUT2D eigenvalue weighted by molar-refractivity contribution is 0.0695. The topological polar surface area (TPSA) is 92.4 Å². The molecule has 25 heavy (non-hydrogen) atoms. The third-order valence-corrected chi connectivity index (χ3v) is 4.28. The van der Waals surface area contributed by atoms with Crippen LogP contribution in [0.15, 0.2) is 41.3 Å². The van der Waals surface area contributed by atoms with Crippen LogP contribution >= 0.6 is 0 Å². The first-order valence-corrected chi connectivity index (χ1v) is 7.74. The molecule has 0 bridgehead atoms. The zero-order valence-electron chi connectivity index (χ0n) is 12.9. The fourth-order valence-corrected chi connectivity index (χ4v) is 2.84. The van der Waals surface area contributed by atoms with Crippen LogP contribution in [0.3, 0.4) is 0 Å². The van der Waals surface area contributed by atoms with Crippen molar-refractivity contribution in [3.63, 3.8) is 0 Å². The van der Waals surface area contributed by atoms with E-state index in [9.17, 15) is 24.2 Å². The van der Waals surface area contributed by atoms with E-state index in [1.165, 1.54) is 22.9 Å². The molecule has 0 aliphatic heterocycles. The van der Waals surface area contributed by atoms with Gasteiger partial charge >= 0.3 is 5.97 Å². The van der Waals surface area contributed by atoms with Crippen molar-refractivity contribution in [1.29, 1.82) is 0 Å². The molecule has 0 atom stereocenters. The number of nitrogens with zero attached hydrogens (tertiary/aromatic N) is 2. The highest BCUT2D eigenvalue weighted by Gasteiger charge is 2.29. The molecule has 1 aliphatic rings. The predicted molar refractivity (Wildman–Crippen MR) is 87.9 cm³/mol. The van der Waals surface area contributed by atoms with Gasteiger partial charge in [-0.2, -0.15) is 0 Å². The summed E-state index contributed by atoms with van der Waals surface area (Å²) in [6, 6.07) is 7.07. The molecule has 2 heterocycles. The van der Waals surface area contributed by atoms with Crippen LogP contribution in [0, 0.1) is 5.82 Å².